The first kappa shape index (κ1) is 23.5. The lowest BCUT2D eigenvalue weighted by Crippen LogP contribution is -2.16. The van der Waals surface area contributed by atoms with Crippen LogP contribution in [0.3, 0.4) is 0 Å². The van der Waals surface area contributed by atoms with Crippen LogP contribution in [0.2, 0.25) is 0 Å². The molecular formula is C23H19N3O6S. The number of amides is 2. The molecule has 0 unspecified atom stereocenters. The number of nitrogens with zero attached hydrogens (tertiary/aromatic N) is 1. The van der Waals surface area contributed by atoms with E-state index in [1.165, 1.54) is 42.1 Å². The number of hydrogen-bond donors (Lipinski definition) is 3. The number of benzene rings is 3. The van der Waals surface area contributed by atoms with Gasteiger partial charge in [0.2, 0.25) is 5.91 Å². The summed E-state index contributed by atoms with van der Waals surface area (Å²) in [6.07, 6.45) is 0. The van der Waals surface area contributed by atoms with Gasteiger partial charge >= 0.3 is 5.97 Å². The number of non-ortho nitro benzene ring substituents is 1. The lowest BCUT2D eigenvalue weighted by molar-refractivity contribution is -0.384. The van der Waals surface area contributed by atoms with Gasteiger partial charge in [0.25, 0.3) is 11.6 Å². The van der Waals surface area contributed by atoms with Crippen LogP contribution in [0.4, 0.5) is 17.1 Å². The third kappa shape index (κ3) is 6.17. The number of carbonyl (C=O) groups is 3. The number of carboxylic acid groups (broad SMARTS) is 1. The molecule has 0 aromatic heterocycles. The van der Waals surface area contributed by atoms with E-state index in [2.05, 4.69) is 10.6 Å². The predicted molar refractivity (Wildman–Crippen MR) is 125 cm³/mol. The fraction of sp³-hybridized carbons (Fsp3) is 0.0870. The van der Waals surface area contributed by atoms with Gasteiger partial charge in [-0.05, 0) is 42.8 Å². The van der Waals surface area contributed by atoms with Crippen molar-refractivity contribution in [2.75, 3.05) is 16.4 Å². The van der Waals surface area contributed by atoms with Gasteiger partial charge in [-0.25, -0.2) is 4.79 Å². The van der Waals surface area contributed by atoms with Gasteiger partial charge in [0.1, 0.15) is 0 Å². The zero-order chi connectivity index (χ0) is 24.0. The SMILES string of the molecule is Cc1ccc([N+](=O)[O-])cc1NC(=O)CSc1cccc(NC(=O)c2ccccc2C(=O)O)c1. The van der Waals surface area contributed by atoms with Gasteiger partial charge in [-0.1, -0.05) is 24.3 Å². The molecule has 0 bridgehead atoms. The number of nitro benzene ring substituents is 1. The Balaban J connectivity index is 1.63. The zero-order valence-electron chi connectivity index (χ0n) is 17.4. The Morgan fingerprint density at radius 3 is 2.39 bits per heavy atom. The summed E-state index contributed by atoms with van der Waals surface area (Å²) in [5.41, 5.74) is 1.33. The molecule has 3 N–H and O–H groups in total. The highest BCUT2D eigenvalue weighted by molar-refractivity contribution is 8.00. The highest BCUT2D eigenvalue weighted by Gasteiger charge is 2.16. The van der Waals surface area contributed by atoms with Crippen LogP contribution in [0.1, 0.15) is 26.3 Å². The van der Waals surface area contributed by atoms with Crippen molar-refractivity contribution in [3.05, 3.63) is 93.5 Å². The second-order valence-corrected chi connectivity index (χ2v) is 7.97. The molecular weight excluding hydrogens is 446 g/mol. The minimum atomic E-state index is -1.20. The fourth-order valence-electron chi connectivity index (χ4n) is 2.92. The van der Waals surface area contributed by atoms with Crippen molar-refractivity contribution < 1.29 is 24.4 Å². The molecule has 0 fully saturated rings. The van der Waals surface area contributed by atoms with E-state index in [1.54, 1.807) is 43.3 Å². The van der Waals surface area contributed by atoms with Crippen LogP contribution in [0, 0.1) is 17.0 Å². The average molecular weight is 465 g/mol. The Kier molecular flexibility index (Phi) is 7.42. The maximum atomic E-state index is 12.5. The van der Waals surface area contributed by atoms with Crippen LogP contribution in [0.25, 0.3) is 0 Å². The molecule has 0 saturated carbocycles. The summed E-state index contributed by atoms with van der Waals surface area (Å²) < 4.78 is 0. The number of anilines is 2. The van der Waals surface area contributed by atoms with Gasteiger partial charge in [0.05, 0.1) is 27.5 Å². The normalized spacial score (nSPS) is 10.3. The highest BCUT2D eigenvalue weighted by atomic mass is 32.2. The van der Waals surface area contributed by atoms with Gasteiger partial charge < -0.3 is 15.7 Å². The molecule has 10 heteroatoms. The first-order chi connectivity index (χ1) is 15.7. The predicted octanol–water partition coefficient (Wildman–Crippen LogP) is 4.58. The Bertz CT molecular complexity index is 1240. The topological polar surface area (TPSA) is 139 Å². The second-order valence-electron chi connectivity index (χ2n) is 6.93. The number of carbonyl (C=O) groups excluding carboxylic acids is 2. The fourth-order valence-corrected chi connectivity index (χ4v) is 3.68. The van der Waals surface area contributed by atoms with E-state index >= 15 is 0 Å². The monoisotopic (exact) mass is 465 g/mol. The van der Waals surface area contributed by atoms with Gasteiger partial charge in [0, 0.05) is 22.7 Å². The average Bonchev–Trinajstić information content (AvgIpc) is 2.79. The molecule has 3 rings (SSSR count). The maximum Gasteiger partial charge on any atom is 0.336 e. The summed E-state index contributed by atoms with van der Waals surface area (Å²) in [4.78, 5) is 47.3. The molecule has 0 aliphatic rings. The Labute approximate surface area is 193 Å². The van der Waals surface area contributed by atoms with Gasteiger partial charge in [-0.15, -0.1) is 11.8 Å². The number of aromatic carboxylic acids is 1. The molecule has 0 aliphatic carbocycles. The summed E-state index contributed by atoms with van der Waals surface area (Å²) >= 11 is 1.22. The van der Waals surface area contributed by atoms with E-state index in [-0.39, 0.29) is 28.5 Å². The van der Waals surface area contributed by atoms with Crippen LogP contribution in [0.15, 0.2) is 71.6 Å². The molecule has 0 heterocycles. The number of nitrogens with one attached hydrogen (secondary N) is 2. The first-order valence-corrected chi connectivity index (χ1v) is 10.6. The summed E-state index contributed by atoms with van der Waals surface area (Å²) in [6.45, 7) is 1.74. The van der Waals surface area contributed by atoms with Crippen LogP contribution in [-0.2, 0) is 4.79 Å². The Hall–Kier alpha value is -4.18. The zero-order valence-corrected chi connectivity index (χ0v) is 18.2. The molecule has 3 aromatic rings. The van der Waals surface area contributed by atoms with Crippen LogP contribution in [-0.4, -0.2) is 33.6 Å². The minimum absolute atomic E-state index is 0.0368. The lowest BCUT2D eigenvalue weighted by atomic mass is 10.1. The third-order valence-corrected chi connectivity index (χ3v) is 5.56. The molecule has 0 radical (unpaired) electrons. The summed E-state index contributed by atoms with van der Waals surface area (Å²) in [7, 11) is 0. The summed E-state index contributed by atoms with van der Waals surface area (Å²) in [5.74, 6) is -2.06. The second kappa shape index (κ2) is 10.4. The smallest absolute Gasteiger partial charge is 0.336 e. The maximum absolute atomic E-state index is 12.5. The van der Waals surface area contributed by atoms with E-state index in [1.807, 2.05) is 0 Å². The number of thioether (sulfide) groups is 1. The number of nitro groups is 1. The molecule has 9 nitrogen and oxygen atoms in total. The molecule has 33 heavy (non-hydrogen) atoms. The van der Waals surface area contributed by atoms with Crippen molar-refractivity contribution in [2.45, 2.75) is 11.8 Å². The molecule has 3 aromatic carbocycles. The van der Waals surface area contributed by atoms with Crippen molar-refractivity contribution in [2.24, 2.45) is 0 Å². The minimum Gasteiger partial charge on any atom is -0.478 e. The van der Waals surface area contributed by atoms with E-state index in [9.17, 15) is 29.6 Å². The standard InChI is InChI=1S/C23H19N3O6S/c1-14-9-10-16(26(31)32)12-20(14)25-21(27)13-33-17-6-4-5-15(11-17)24-22(28)18-7-2-3-8-19(18)23(29)30/h2-12H,13H2,1H3,(H,24,28)(H,25,27)(H,29,30). The van der Waals surface area contributed by atoms with Gasteiger partial charge in [0.15, 0.2) is 0 Å². The number of aryl methyl sites for hydroxylation is 1. The quantitative estimate of drug-likeness (QED) is 0.251. The van der Waals surface area contributed by atoms with Crippen LogP contribution < -0.4 is 10.6 Å². The molecule has 0 spiro atoms. The van der Waals surface area contributed by atoms with Crippen LogP contribution >= 0.6 is 11.8 Å². The largest absolute Gasteiger partial charge is 0.478 e. The number of rotatable bonds is 8. The Morgan fingerprint density at radius 1 is 0.970 bits per heavy atom. The third-order valence-electron chi connectivity index (χ3n) is 4.57. The van der Waals surface area contributed by atoms with E-state index in [0.29, 0.717) is 21.8 Å². The van der Waals surface area contributed by atoms with Crippen molar-refractivity contribution in [3.63, 3.8) is 0 Å². The van der Waals surface area contributed by atoms with Crippen molar-refractivity contribution in [3.8, 4) is 0 Å². The molecule has 0 aliphatic heterocycles. The van der Waals surface area contributed by atoms with Gasteiger partial charge in [-0.2, -0.15) is 0 Å². The molecule has 0 atom stereocenters. The molecule has 168 valence electrons. The first-order valence-electron chi connectivity index (χ1n) is 9.66. The van der Waals surface area contributed by atoms with Crippen molar-refractivity contribution in [1.29, 1.82) is 0 Å². The van der Waals surface area contributed by atoms with Crippen LogP contribution in [0.5, 0.6) is 0 Å². The molecule has 2 amide bonds. The number of hydrogen-bond acceptors (Lipinski definition) is 6. The highest BCUT2D eigenvalue weighted by Crippen LogP contribution is 2.25. The lowest BCUT2D eigenvalue weighted by Gasteiger charge is -2.10. The van der Waals surface area contributed by atoms with E-state index < -0.39 is 16.8 Å². The molecule has 0 saturated heterocycles. The van der Waals surface area contributed by atoms with Crippen molar-refractivity contribution >= 4 is 46.6 Å². The number of carboxylic acids is 1. The summed E-state index contributed by atoms with van der Waals surface area (Å²) in [5, 5.41) is 25.5. The Morgan fingerprint density at radius 2 is 1.70 bits per heavy atom. The summed E-state index contributed by atoms with van der Waals surface area (Å²) in [6, 6.07) is 16.9. The van der Waals surface area contributed by atoms with E-state index in [4.69, 9.17) is 0 Å². The van der Waals surface area contributed by atoms with Crippen molar-refractivity contribution in [1.82, 2.24) is 0 Å². The van der Waals surface area contributed by atoms with E-state index in [0.717, 1.165) is 0 Å². The van der Waals surface area contributed by atoms with Gasteiger partial charge in [-0.3, -0.25) is 19.7 Å².